The lowest BCUT2D eigenvalue weighted by Gasteiger charge is -2.51. The number of hydrogen-bond donors (Lipinski definition) is 2. The lowest BCUT2D eigenvalue weighted by molar-refractivity contribution is -0.155. The molecule has 1 fully saturated rings. The van der Waals surface area contributed by atoms with E-state index in [2.05, 4.69) is 5.10 Å². The average molecular weight is 483 g/mol. The second-order valence-corrected chi connectivity index (χ2v) is 10.6. The van der Waals surface area contributed by atoms with Gasteiger partial charge in [-0.1, -0.05) is 57.5 Å². The summed E-state index contributed by atoms with van der Waals surface area (Å²) in [7, 11) is 0. The molecule has 3 aromatic rings. The van der Waals surface area contributed by atoms with E-state index in [1.165, 1.54) is 0 Å². The molecule has 180 valence electrons. The van der Waals surface area contributed by atoms with Crippen LogP contribution in [0, 0.1) is 11.3 Å². The zero-order valence-electron chi connectivity index (χ0n) is 20.0. The number of likely N-dealkylation sites (tertiary alicyclic amines) is 1. The highest BCUT2D eigenvalue weighted by molar-refractivity contribution is 6.30. The minimum atomic E-state index is -1.11. The maximum Gasteiger partial charge on any atom is 0.252 e. The van der Waals surface area contributed by atoms with Crippen molar-refractivity contribution in [3.8, 4) is 0 Å². The fourth-order valence-electron chi connectivity index (χ4n) is 5.17. The first-order chi connectivity index (χ1) is 16.0. The molecule has 2 atom stereocenters. The number of aromatic nitrogens is 2. The first-order valence-electron chi connectivity index (χ1n) is 11.5. The summed E-state index contributed by atoms with van der Waals surface area (Å²) < 4.78 is 1.59. The zero-order valence-corrected chi connectivity index (χ0v) is 20.7. The number of aliphatic hydroxyl groups is 1. The molecule has 3 heterocycles. The van der Waals surface area contributed by atoms with E-state index in [0.29, 0.717) is 35.7 Å². The number of pyridine rings is 1. The van der Waals surface area contributed by atoms with E-state index in [1.807, 2.05) is 52.0 Å². The number of rotatable bonds is 5. The van der Waals surface area contributed by atoms with Gasteiger partial charge in [-0.25, -0.2) is 4.52 Å². The molecule has 7 nitrogen and oxygen atoms in total. The molecule has 0 unspecified atom stereocenters. The van der Waals surface area contributed by atoms with E-state index in [0.717, 1.165) is 5.56 Å². The zero-order chi connectivity index (χ0) is 24.8. The Kier molecular flexibility index (Phi) is 6.21. The molecule has 8 heteroatoms. The van der Waals surface area contributed by atoms with Crippen LogP contribution in [-0.2, 0) is 10.4 Å². The molecule has 1 aromatic carbocycles. The first-order valence-corrected chi connectivity index (χ1v) is 11.9. The van der Waals surface area contributed by atoms with Crippen molar-refractivity contribution in [1.29, 1.82) is 0 Å². The van der Waals surface area contributed by atoms with Gasteiger partial charge in [0.1, 0.15) is 0 Å². The molecular weight excluding hydrogens is 452 g/mol. The number of carbonyl (C=O) groups excluding carboxylic acids is 2. The van der Waals surface area contributed by atoms with Crippen molar-refractivity contribution in [3.63, 3.8) is 0 Å². The van der Waals surface area contributed by atoms with Gasteiger partial charge in [-0.2, -0.15) is 5.10 Å². The van der Waals surface area contributed by atoms with Gasteiger partial charge in [0.2, 0.25) is 5.91 Å². The second-order valence-electron chi connectivity index (χ2n) is 10.1. The maximum atomic E-state index is 13.9. The Morgan fingerprint density at radius 1 is 1.15 bits per heavy atom. The largest absolute Gasteiger partial charge is 0.384 e. The quantitative estimate of drug-likeness (QED) is 0.574. The van der Waals surface area contributed by atoms with Crippen LogP contribution >= 0.6 is 11.6 Å². The molecule has 2 aromatic heterocycles. The lowest BCUT2D eigenvalue weighted by Crippen LogP contribution is -2.57. The van der Waals surface area contributed by atoms with Crippen LogP contribution in [0.1, 0.15) is 61.6 Å². The monoisotopic (exact) mass is 482 g/mol. The van der Waals surface area contributed by atoms with Gasteiger partial charge in [-0.15, -0.1) is 0 Å². The highest BCUT2D eigenvalue weighted by Gasteiger charge is 2.50. The normalized spacial score (nSPS) is 21.1. The van der Waals surface area contributed by atoms with Gasteiger partial charge in [0, 0.05) is 29.7 Å². The fraction of sp³-hybridized carbons (Fsp3) is 0.423. The molecular formula is C26H31ClN4O3. The highest BCUT2D eigenvalue weighted by atomic mass is 35.5. The standard InChI is InChI=1S/C26H31ClN4O3/c1-16(2)20(22-21(23(28)32)19-7-5-6-13-31(19)29-22)24(33)30-14-12-26(34,25(3,4)15-30)17-8-10-18(27)11-9-17/h5-11,13,16,20,34H,12,14-15H2,1-4H3,(H2,28,32)/t20-,26+/m1/s1. The average Bonchev–Trinajstić information content (AvgIpc) is 3.14. The SMILES string of the molecule is CC(C)[C@@H](C(=O)N1CC[C@](O)(c2ccc(Cl)cc2)C(C)(C)C1)c1nn2ccccc2c1C(N)=O. The van der Waals surface area contributed by atoms with E-state index in [9.17, 15) is 14.7 Å². The van der Waals surface area contributed by atoms with Crippen molar-refractivity contribution in [3.05, 3.63) is 70.5 Å². The third-order valence-corrected chi connectivity index (χ3v) is 7.38. The second kappa shape index (κ2) is 8.71. The molecule has 0 bridgehead atoms. The van der Waals surface area contributed by atoms with Crippen LogP contribution in [0.4, 0.5) is 0 Å². The Hall–Kier alpha value is -2.90. The number of nitrogens with two attached hydrogens (primary N) is 1. The predicted molar refractivity (Wildman–Crippen MR) is 132 cm³/mol. The Balaban J connectivity index is 1.68. The minimum Gasteiger partial charge on any atom is -0.384 e. The van der Waals surface area contributed by atoms with Crippen molar-refractivity contribution in [2.75, 3.05) is 13.1 Å². The summed E-state index contributed by atoms with van der Waals surface area (Å²) in [5, 5.41) is 16.9. The van der Waals surface area contributed by atoms with E-state index in [1.54, 1.807) is 33.8 Å². The topological polar surface area (TPSA) is 101 Å². The first kappa shape index (κ1) is 24.2. The number of benzene rings is 1. The number of nitrogens with zero attached hydrogens (tertiary/aromatic N) is 3. The third kappa shape index (κ3) is 3.97. The van der Waals surface area contributed by atoms with E-state index >= 15 is 0 Å². The van der Waals surface area contributed by atoms with Gasteiger partial charge < -0.3 is 15.7 Å². The van der Waals surface area contributed by atoms with Gasteiger partial charge >= 0.3 is 0 Å². The van der Waals surface area contributed by atoms with Crippen LogP contribution in [0.25, 0.3) is 5.52 Å². The number of piperidine rings is 1. The number of primary amides is 1. The van der Waals surface area contributed by atoms with Crippen LogP contribution in [0.2, 0.25) is 5.02 Å². The van der Waals surface area contributed by atoms with E-state index in [-0.39, 0.29) is 17.4 Å². The summed E-state index contributed by atoms with van der Waals surface area (Å²) in [6, 6.07) is 12.6. The highest BCUT2D eigenvalue weighted by Crippen LogP contribution is 2.47. The molecule has 0 spiro atoms. The molecule has 34 heavy (non-hydrogen) atoms. The van der Waals surface area contributed by atoms with Crippen molar-refractivity contribution in [2.24, 2.45) is 17.1 Å². The van der Waals surface area contributed by atoms with E-state index in [4.69, 9.17) is 17.3 Å². The van der Waals surface area contributed by atoms with Crippen LogP contribution < -0.4 is 5.73 Å². The van der Waals surface area contributed by atoms with Crippen molar-refractivity contribution >= 4 is 28.9 Å². The molecule has 0 radical (unpaired) electrons. The van der Waals surface area contributed by atoms with Crippen LogP contribution in [-0.4, -0.2) is 44.5 Å². The lowest BCUT2D eigenvalue weighted by atomic mass is 9.66. The maximum absolute atomic E-state index is 13.9. The summed E-state index contributed by atoms with van der Waals surface area (Å²) in [5.74, 6) is -1.48. The van der Waals surface area contributed by atoms with Crippen LogP contribution in [0.5, 0.6) is 0 Å². The Bertz CT molecular complexity index is 1230. The molecule has 1 saturated heterocycles. The summed E-state index contributed by atoms with van der Waals surface area (Å²) in [6.07, 6.45) is 2.12. The Labute approximate surface area is 204 Å². The molecule has 4 rings (SSSR count). The van der Waals surface area contributed by atoms with Crippen molar-refractivity contribution in [1.82, 2.24) is 14.5 Å². The molecule has 0 saturated carbocycles. The molecule has 0 aliphatic carbocycles. The number of amides is 2. The molecule has 1 aliphatic rings. The Morgan fingerprint density at radius 3 is 2.41 bits per heavy atom. The number of hydrogen-bond acceptors (Lipinski definition) is 4. The van der Waals surface area contributed by atoms with Gasteiger partial charge in [0.05, 0.1) is 28.3 Å². The smallest absolute Gasteiger partial charge is 0.252 e. The number of carbonyl (C=O) groups is 2. The van der Waals surface area contributed by atoms with Crippen LogP contribution in [0.3, 0.4) is 0 Å². The Morgan fingerprint density at radius 2 is 1.82 bits per heavy atom. The predicted octanol–water partition coefficient (Wildman–Crippen LogP) is 3.97. The van der Waals surface area contributed by atoms with Crippen LogP contribution in [0.15, 0.2) is 48.7 Å². The summed E-state index contributed by atoms with van der Waals surface area (Å²) in [4.78, 5) is 28.1. The van der Waals surface area contributed by atoms with Gasteiger partial charge in [-0.3, -0.25) is 9.59 Å². The summed E-state index contributed by atoms with van der Waals surface area (Å²) in [6.45, 7) is 8.54. The minimum absolute atomic E-state index is 0.115. The summed E-state index contributed by atoms with van der Waals surface area (Å²) >= 11 is 6.04. The van der Waals surface area contributed by atoms with Gasteiger partial charge in [-0.05, 0) is 42.2 Å². The molecule has 1 aliphatic heterocycles. The fourth-order valence-corrected chi connectivity index (χ4v) is 5.30. The van der Waals surface area contributed by atoms with Crippen molar-refractivity contribution in [2.45, 2.75) is 45.6 Å². The molecule has 3 N–H and O–H groups in total. The van der Waals surface area contributed by atoms with Gasteiger partial charge in [0.15, 0.2) is 0 Å². The van der Waals surface area contributed by atoms with Crippen molar-refractivity contribution < 1.29 is 14.7 Å². The summed E-state index contributed by atoms with van der Waals surface area (Å²) in [5.41, 5.74) is 6.05. The third-order valence-electron chi connectivity index (χ3n) is 7.12. The number of halogens is 1. The number of fused-ring (bicyclic) bond motifs is 1. The molecule has 2 amide bonds. The van der Waals surface area contributed by atoms with E-state index < -0.39 is 22.8 Å². The van der Waals surface area contributed by atoms with Gasteiger partial charge in [0.25, 0.3) is 5.91 Å².